The van der Waals surface area contributed by atoms with Crippen molar-refractivity contribution in [2.75, 3.05) is 10.6 Å². The molecule has 3 rings (SSSR count). The Balaban J connectivity index is 1.79. The van der Waals surface area contributed by atoms with E-state index in [1.165, 1.54) is 18.3 Å². The molecule has 0 aliphatic rings. The van der Waals surface area contributed by atoms with Gasteiger partial charge in [-0.05, 0) is 36.4 Å². The lowest BCUT2D eigenvalue weighted by Crippen LogP contribution is -2.14. The van der Waals surface area contributed by atoms with Crippen molar-refractivity contribution < 1.29 is 18.0 Å². The van der Waals surface area contributed by atoms with E-state index >= 15 is 0 Å². The van der Waals surface area contributed by atoms with Gasteiger partial charge in [0.1, 0.15) is 5.69 Å². The fourth-order valence-electron chi connectivity index (χ4n) is 2.21. The number of benzene rings is 2. The fourth-order valence-corrected chi connectivity index (χ4v) is 2.44. The Hall–Kier alpha value is -3.13. The maximum Gasteiger partial charge on any atom is 0.417 e. The minimum absolute atomic E-state index is 0.0221. The fraction of sp³-hybridized carbons (Fsp3) is 0.0556. The summed E-state index contributed by atoms with van der Waals surface area (Å²) in [5, 5.41) is 4.89. The predicted molar refractivity (Wildman–Crippen MR) is 96.2 cm³/mol. The third-order valence-corrected chi connectivity index (χ3v) is 3.78. The molecule has 2 N–H and O–H groups in total. The quantitative estimate of drug-likeness (QED) is 0.644. The SMILES string of the molecule is O=C(Nc1ccccc1)c1ccnc(Nc2ccc(Cl)c(C(F)(F)F)c2)n1. The van der Waals surface area contributed by atoms with Crippen LogP contribution in [0.2, 0.25) is 5.02 Å². The maximum atomic E-state index is 12.9. The number of amides is 1. The van der Waals surface area contributed by atoms with Crippen LogP contribution >= 0.6 is 11.6 Å². The van der Waals surface area contributed by atoms with Gasteiger partial charge in [-0.15, -0.1) is 0 Å². The Kier molecular flexibility index (Phi) is 5.27. The van der Waals surface area contributed by atoms with Gasteiger partial charge in [-0.2, -0.15) is 13.2 Å². The Labute approximate surface area is 157 Å². The number of hydrogen-bond donors (Lipinski definition) is 2. The van der Waals surface area contributed by atoms with E-state index in [1.807, 2.05) is 6.07 Å². The summed E-state index contributed by atoms with van der Waals surface area (Å²) < 4.78 is 38.8. The second kappa shape index (κ2) is 7.63. The summed E-state index contributed by atoms with van der Waals surface area (Å²) in [7, 11) is 0. The van der Waals surface area contributed by atoms with Crippen molar-refractivity contribution in [2.45, 2.75) is 6.18 Å². The molecule has 0 radical (unpaired) electrons. The molecule has 0 bridgehead atoms. The van der Waals surface area contributed by atoms with Gasteiger partial charge in [0.15, 0.2) is 0 Å². The van der Waals surface area contributed by atoms with Gasteiger partial charge in [-0.25, -0.2) is 9.97 Å². The molecule has 9 heteroatoms. The van der Waals surface area contributed by atoms with Crippen molar-refractivity contribution in [3.63, 3.8) is 0 Å². The first kappa shape index (κ1) is 18.7. The van der Waals surface area contributed by atoms with Crippen LogP contribution in [0.15, 0.2) is 60.8 Å². The van der Waals surface area contributed by atoms with E-state index in [0.29, 0.717) is 5.69 Å². The molecular weight excluding hydrogens is 381 g/mol. The summed E-state index contributed by atoms with van der Waals surface area (Å²) in [6.45, 7) is 0. The van der Waals surface area contributed by atoms with Crippen LogP contribution in [-0.2, 0) is 6.18 Å². The van der Waals surface area contributed by atoms with E-state index in [4.69, 9.17) is 11.6 Å². The Morgan fingerprint density at radius 1 is 1.00 bits per heavy atom. The first-order chi connectivity index (χ1) is 12.8. The number of carbonyl (C=O) groups excluding carboxylic acids is 1. The van der Waals surface area contributed by atoms with Crippen molar-refractivity contribution in [1.29, 1.82) is 0 Å². The van der Waals surface area contributed by atoms with Crippen LogP contribution in [0.1, 0.15) is 16.1 Å². The summed E-state index contributed by atoms with van der Waals surface area (Å²) in [5.74, 6) is -0.495. The molecule has 0 aliphatic heterocycles. The molecule has 2 aromatic carbocycles. The molecular formula is C18H12ClF3N4O. The van der Waals surface area contributed by atoms with Gasteiger partial charge in [0, 0.05) is 17.6 Å². The van der Waals surface area contributed by atoms with Gasteiger partial charge in [-0.1, -0.05) is 29.8 Å². The molecule has 0 saturated heterocycles. The monoisotopic (exact) mass is 392 g/mol. The average Bonchev–Trinajstić information content (AvgIpc) is 2.63. The van der Waals surface area contributed by atoms with E-state index in [-0.39, 0.29) is 17.3 Å². The second-order valence-electron chi connectivity index (χ2n) is 5.40. The van der Waals surface area contributed by atoms with Crippen LogP contribution in [0.25, 0.3) is 0 Å². The molecule has 0 spiro atoms. The van der Waals surface area contributed by atoms with Crippen LogP contribution < -0.4 is 10.6 Å². The molecule has 27 heavy (non-hydrogen) atoms. The summed E-state index contributed by atoms with van der Waals surface area (Å²) >= 11 is 5.60. The number of anilines is 3. The van der Waals surface area contributed by atoms with Crippen molar-refractivity contribution >= 4 is 34.8 Å². The molecule has 0 aliphatic carbocycles. The third-order valence-electron chi connectivity index (χ3n) is 3.45. The third kappa shape index (κ3) is 4.73. The number of carbonyl (C=O) groups is 1. The molecule has 0 saturated carbocycles. The zero-order valence-corrected chi connectivity index (χ0v) is 14.3. The number of halogens is 4. The highest BCUT2D eigenvalue weighted by Crippen LogP contribution is 2.36. The number of aromatic nitrogens is 2. The molecule has 0 unspecified atom stereocenters. The molecule has 5 nitrogen and oxygen atoms in total. The molecule has 3 aromatic rings. The summed E-state index contributed by atoms with van der Waals surface area (Å²) in [4.78, 5) is 20.2. The maximum absolute atomic E-state index is 12.9. The van der Waals surface area contributed by atoms with Crippen molar-refractivity contribution in [2.24, 2.45) is 0 Å². The van der Waals surface area contributed by atoms with Gasteiger partial charge in [-0.3, -0.25) is 4.79 Å². The van der Waals surface area contributed by atoms with E-state index in [1.54, 1.807) is 24.3 Å². The Morgan fingerprint density at radius 3 is 2.44 bits per heavy atom. The largest absolute Gasteiger partial charge is 0.417 e. The Morgan fingerprint density at radius 2 is 1.74 bits per heavy atom. The average molecular weight is 393 g/mol. The molecule has 138 valence electrons. The van der Waals surface area contributed by atoms with E-state index in [2.05, 4.69) is 20.6 Å². The molecule has 1 heterocycles. The summed E-state index contributed by atoms with van der Waals surface area (Å²) in [6, 6.07) is 13.5. The summed E-state index contributed by atoms with van der Waals surface area (Å²) in [5.41, 5.74) is -0.246. The van der Waals surface area contributed by atoms with Gasteiger partial charge in [0.25, 0.3) is 5.91 Å². The van der Waals surface area contributed by atoms with Gasteiger partial charge in [0.2, 0.25) is 5.95 Å². The number of para-hydroxylation sites is 1. The lowest BCUT2D eigenvalue weighted by Gasteiger charge is -2.12. The highest BCUT2D eigenvalue weighted by Gasteiger charge is 2.33. The Bertz CT molecular complexity index is 964. The summed E-state index contributed by atoms with van der Waals surface area (Å²) in [6.07, 6.45) is -3.26. The minimum Gasteiger partial charge on any atom is -0.324 e. The van der Waals surface area contributed by atoms with E-state index < -0.39 is 22.7 Å². The van der Waals surface area contributed by atoms with Crippen molar-refractivity contribution in [3.8, 4) is 0 Å². The first-order valence-corrected chi connectivity index (χ1v) is 8.04. The molecule has 0 fully saturated rings. The van der Waals surface area contributed by atoms with Crippen LogP contribution in [0.4, 0.5) is 30.5 Å². The van der Waals surface area contributed by atoms with Crippen LogP contribution in [-0.4, -0.2) is 15.9 Å². The smallest absolute Gasteiger partial charge is 0.324 e. The van der Waals surface area contributed by atoms with Gasteiger partial charge in [0.05, 0.1) is 10.6 Å². The zero-order valence-electron chi connectivity index (χ0n) is 13.6. The van der Waals surface area contributed by atoms with Crippen molar-refractivity contribution in [3.05, 3.63) is 77.1 Å². The molecule has 0 atom stereocenters. The van der Waals surface area contributed by atoms with E-state index in [0.717, 1.165) is 12.1 Å². The minimum atomic E-state index is -4.59. The lowest BCUT2D eigenvalue weighted by atomic mass is 10.2. The number of alkyl halides is 3. The van der Waals surface area contributed by atoms with Gasteiger partial charge >= 0.3 is 6.18 Å². The van der Waals surface area contributed by atoms with Crippen LogP contribution in [0.3, 0.4) is 0 Å². The molecule has 1 aromatic heterocycles. The van der Waals surface area contributed by atoms with Crippen LogP contribution in [0, 0.1) is 0 Å². The van der Waals surface area contributed by atoms with Crippen molar-refractivity contribution in [1.82, 2.24) is 9.97 Å². The number of rotatable bonds is 4. The lowest BCUT2D eigenvalue weighted by molar-refractivity contribution is -0.137. The first-order valence-electron chi connectivity index (χ1n) is 7.66. The van der Waals surface area contributed by atoms with Gasteiger partial charge < -0.3 is 10.6 Å². The zero-order chi connectivity index (χ0) is 19.4. The highest BCUT2D eigenvalue weighted by atomic mass is 35.5. The van der Waals surface area contributed by atoms with Crippen LogP contribution in [0.5, 0.6) is 0 Å². The number of hydrogen-bond acceptors (Lipinski definition) is 4. The standard InChI is InChI=1S/C18H12ClF3N4O/c19-14-7-6-12(10-13(14)18(20,21)22)25-17-23-9-8-15(26-17)16(27)24-11-4-2-1-3-5-11/h1-10H,(H,24,27)(H,23,25,26). The second-order valence-corrected chi connectivity index (χ2v) is 5.81. The number of nitrogens with zero attached hydrogens (tertiary/aromatic N) is 2. The highest BCUT2D eigenvalue weighted by molar-refractivity contribution is 6.31. The van der Waals surface area contributed by atoms with E-state index in [9.17, 15) is 18.0 Å². The normalized spacial score (nSPS) is 11.1. The molecule has 1 amide bonds. The number of nitrogens with one attached hydrogen (secondary N) is 2. The topological polar surface area (TPSA) is 66.9 Å². The predicted octanol–water partition coefficient (Wildman–Crippen LogP) is 5.14.